The number of hydrogen-bond acceptors (Lipinski definition) is 14. The minimum Gasteiger partial charge on any atom is -0.478 e. The number of halogens is 6. The van der Waals surface area contributed by atoms with Gasteiger partial charge in [-0.25, -0.2) is 0 Å². The van der Waals surface area contributed by atoms with E-state index in [4.69, 9.17) is 56.3 Å². The molecular weight excluding hydrogens is 1130 g/mol. The summed E-state index contributed by atoms with van der Waals surface area (Å²) in [7, 11) is -8.30. The third-order valence-corrected chi connectivity index (χ3v) is 16.9. The Morgan fingerprint density at radius 2 is 0.663 bits per heavy atom. The maximum Gasteiger partial charge on any atom is 0.750 e. The number of ether oxygens (including phenoxy) is 2. The lowest BCUT2D eigenvalue weighted by Crippen LogP contribution is -2.56. The second-order valence-electron chi connectivity index (χ2n) is 20.7. The van der Waals surface area contributed by atoms with Gasteiger partial charge in [0.15, 0.2) is 0 Å². The first-order valence-corrected chi connectivity index (χ1v) is 29.8. The second-order valence-corrected chi connectivity index (χ2v) is 24.5. The molecule has 0 heterocycles. The minimum atomic E-state index is -5.96. The zero-order valence-corrected chi connectivity index (χ0v) is 50.0. The van der Waals surface area contributed by atoms with Gasteiger partial charge in [0.25, 0.3) is 11.8 Å². The summed E-state index contributed by atoms with van der Waals surface area (Å²) in [4.78, 5) is 27.0. The van der Waals surface area contributed by atoms with Crippen molar-refractivity contribution >= 4 is 52.7 Å². The van der Waals surface area contributed by atoms with E-state index in [2.05, 4.69) is 10.6 Å². The van der Waals surface area contributed by atoms with E-state index in [0.29, 0.717) is 35.6 Å². The van der Waals surface area contributed by atoms with Crippen LogP contribution >= 0.6 is 0 Å². The van der Waals surface area contributed by atoms with Gasteiger partial charge in [-0.05, 0) is 191 Å². The molecule has 24 heteroatoms. The number of nitrogen functional groups attached to an aromatic ring is 2. The number of benzene rings is 6. The van der Waals surface area contributed by atoms with Crippen molar-refractivity contribution in [2.75, 3.05) is 22.1 Å². The van der Waals surface area contributed by atoms with Crippen molar-refractivity contribution in [3.05, 3.63) is 156 Å². The number of nitrogens with two attached hydrogens (primary N) is 2. The molecule has 0 fully saturated rings. The lowest BCUT2D eigenvalue weighted by atomic mass is 9.73. The van der Waals surface area contributed by atoms with E-state index in [-0.39, 0.29) is 57.0 Å². The molecule has 0 aliphatic heterocycles. The molecule has 0 spiro atoms. The van der Waals surface area contributed by atoms with Crippen LogP contribution in [0.1, 0.15) is 115 Å². The van der Waals surface area contributed by atoms with Crippen LogP contribution in [-0.4, -0.2) is 78.9 Å². The van der Waals surface area contributed by atoms with Crippen LogP contribution in [0, 0.1) is 0 Å². The first kappa shape index (κ1) is 65.0. The molecule has 0 atom stereocenters. The number of amides is 2. The Kier molecular flexibility index (Phi) is 21.2. The Balaban J connectivity index is 1.35. The average Bonchev–Trinajstić information content (AvgIpc) is 1.29. The van der Waals surface area contributed by atoms with Gasteiger partial charge in [-0.1, -0.05) is 24.3 Å². The summed E-state index contributed by atoms with van der Waals surface area (Å²) in [5.74, 6) is -1.59. The summed E-state index contributed by atoms with van der Waals surface area (Å²) in [5, 5.41) is 5.57. The Morgan fingerprint density at radius 1 is 0.398 bits per heavy atom. The van der Waals surface area contributed by atoms with E-state index in [1.807, 2.05) is 0 Å². The number of carbonyl (C=O) groups excluding carboxylic acids is 2. The maximum absolute atomic E-state index is 15.5. The van der Waals surface area contributed by atoms with E-state index in [0.717, 1.165) is 24.3 Å². The van der Waals surface area contributed by atoms with E-state index in [1.165, 1.54) is 60.7 Å². The molecule has 448 valence electrons. The van der Waals surface area contributed by atoms with E-state index >= 15 is 26.3 Å². The van der Waals surface area contributed by atoms with E-state index in [9.17, 15) is 9.59 Å². The summed E-state index contributed by atoms with van der Waals surface area (Å²) in [6.07, 6.45) is -14.8. The molecule has 0 saturated heterocycles. The molecule has 0 unspecified atom stereocenters. The number of anilines is 4. The fourth-order valence-electron chi connectivity index (χ4n) is 8.28. The number of hydrogen-bond donors (Lipinski definition) is 4. The van der Waals surface area contributed by atoms with Gasteiger partial charge in [0, 0.05) is 71.3 Å². The van der Waals surface area contributed by atoms with E-state index < -0.39 is 95.4 Å². The molecule has 6 aromatic carbocycles. The fourth-order valence-corrected chi connectivity index (χ4v) is 13.2. The first-order valence-electron chi connectivity index (χ1n) is 26.6. The van der Waals surface area contributed by atoms with Gasteiger partial charge >= 0.3 is 30.4 Å². The highest BCUT2D eigenvalue weighted by Crippen LogP contribution is 2.57. The second kappa shape index (κ2) is 27.0. The van der Waals surface area contributed by atoms with Crippen LogP contribution in [0.15, 0.2) is 133 Å². The van der Waals surface area contributed by atoms with E-state index in [1.54, 1.807) is 107 Å². The van der Waals surface area contributed by atoms with Gasteiger partial charge < -0.3 is 67.0 Å². The zero-order valence-electron chi connectivity index (χ0n) is 48.0. The monoisotopic (exact) mass is 1200 g/mol. The maximum atomic E-state index is 15.5. The molecule has 0 aromatic heterocycles. The normalized spacial score (nSPS) is 12.6. The highest BCUT2D eigenvalue weighted by molar-refractivity contribution is 6.55. The first-order chi connectivity index (χ1) is 38.8. The quantitative estimate of drug-likeness (QED) is 0.0227. The highest BCUT2D eigenvalue weighted by atomic mass is 28.4. The van der Waals surface area contributed by atoms with Gasteiger partial charge in [0.05, 0.1) is 11.4 Å². The Bertz CT molecular complexity index is 2850. The standard InChI is InChI=1S/C59H70F6N4O12Si2/c1-35(2)74-82(75-36(3)4,76-37(5)6)80-53-33-49(29-31-51(53)68-55(70)41-13-21-45(66)22-14-41)72-47-25-17-43(18-26-47)57(58(60,61)62,59(63,64)65)44-19-27-48(28-20-44)73-50-30-32-52(69-56(71)42-15-23-46(67)24-16-42)54(34-50)81-83(77-38(7)8,78-39(9)10)79-40(11)12/h13-40H,66-67H2,1-12H3,(H,68,70)(H,69,71). The smallest absolute Gasteiger partial charge is 0.478 e. The molecule has 0 radical (unpaired) electrons. The summed E-state index contributed by atoms with van der Waals surface area (Å²) in [5.41, 5.74) is 6.30. The number of carbonyl (C=O) groups is 2. The molecule has 83 heavy (non-hydrogen) atoms. The van der Waals surface area contributed by atoms with Crippen LogP contribution in [0.25, 0.3) is 0 Å². The van der Waals surface area contributed by atoms with Crippen molar-refractivity contribution in [2.45, 2.75) is 137 Å². The minimum absolute atomic E-state index is 0.0115. The molecule has 0 bridgehead atoms. The predicted octanol–water partition coefficient (Wildman–Crippen LogP) is 14.5. The van der Waals surface area contributed by atoms with Gasteiger partial charge in [-0.15, -0.1) is 0 Å². The average molecular weight is 1200 g/mol. The summed E-state index contributed by atoms with van der Waals surface area (Å²) in [6.45, 7) is 20.9. The van der Waals surface area contributed by atoms with Gasteiger partial charge in [0.1, 0.15) is 34.5 Å². The van der Waals surface area contributed by atoms with Crippen LogP contribution in [0.2, 0.25) is 0 Å². The van der Waals surface area contributed by atoms with Crippen molar-refractivity contribution in [3.63, 3.8) is 0 Å². The number of alkyl halides is 6. The van der Waals surface area contributed by atoms with Crippen LogP contribution in [0.3, 0.4) is 0 Å². The van der Waals surface area contributed by atoms with Gasteiger partial charge in [-0.3, -0.25) is 9.59 Å². The lowest BCUT2D eigenvalue weighted by molar-refractivity contribution is -0.288. The van der Waals surface area contributed by atoms with Crippen molar-refractivity contribution < 1.29 is 80.8 Å². The van der Waals surface area contributed by atoms with Crippen molar-refractivity contribution in [1.29, 1.82) is 0 Å². The van der Waals surface area contributed by atoms with Gasteiger partial charge in [-0.2, -0.15) is 26.3 Å². The largest absolute Gasteiger partial charge is 0.750 e. The lowest BCUT2D eigenvalue weighted by Gasteiger charge is -2.38. The molecule has 0 aliphatic rings. The summed E-state index contributed by atoms with van der Waals surface area (Å²) < 4.78 is 156. The van der Waals surface area contributed by atoms with Crippen molar-refractivity contribution in [2.24, 2.45) is 0 Å². The molecule has 16 nitrogen and oxygen atoms in total. The van der Waals surface area contributed by atoms with Crippen LogP contribution in [0.5, 0.6) is 34.5 Å². The van der Waals surface area contributed by atoms with Crippen LogP contribution in [-0.2, 0) is 32.0 Å². The Morgan fingerprint density at radius 3 is 0.916 bits per heavy atom. The molecule has 6 aromatic rings. The van der Waals surface area contributed by atoms with Crippen molar-refractivity contribution in [1.82, 2.24) is 0 Å². The molecule has 6 rings (SSSR count). The fraction of sp³-hybridized carbons (Fsp3) is 0.356. The topological polar surface area (TPSA) is 203 Å². The Hall–Kier alpha value is -7.17. The van der Waals surface area contributed by atoms with Crippen molar-refractivity contribution in [3.8, 4) is 34.5 Å². The number of rotatable bonds is 26. The zero-order chi connectivity index (χ0) is 61.2. The molecular formula is C59H70F6N4O12Si2. The predicted molar refractivity (Wildman–Crippen MR) is 307 cm³/mol. The third kappa shape index (κ3) is 17.0. The third-order valence-electron chi connectivity index (χ3n) is 11.4. The summed E-state index contributed by atoms with van der Waals surface area (Å²) in [6, 6.07) is 27.1. The SMILES string of the molecule is CC(C)O[Si](Oc1cc(Oc2ccc(C(c3ccc(Oc4ccc(NC(=O)c5ccc(N)cc5)c(O[Si](OC(C)C)(OC(C)C)OC(C)C)c4)cc3)(C(F)(F)F)C(F)(F)F)cc2)ccc1NC(=O)c1ccc(N)cc1)(OC(C)C)OC(C)C. The van der Waals surface area contributed by atoms with Crippen LogP contribution < -0.4 is 40.4 Å². The number of nitrogens with one attached hydrogen (secondary N) is 2. The van der Waals surface area contributed by atoms with Crippen LogP contribution in [0.4, 0.5) is 49.1 Å². The highest BCUT2D eigenvalue weighted by Gasteiger charge is 2.72. The molecule has 6 N–H and O–H groups in total. The molecule has 0 saturated carbocycles. The summed E-state index contributed by atoms with van der Waals surface area (Å²) >= 11 is 0. The molecule has 2 amide bonds. The van der Waals surface area contributed by atoms with Gasteiger partial charge in [0.2, 0.25) is 5.41 Å². The Labute approximate surface area is 481 Å². The molecule has 0 aliphatic carbocycles.